The fourth-order valence-electron chi connectivity index (χ4n) is 3.84. The highest BCUT2D eigenvalue weighted by Gasteiger charge is 2.30. The van der Waals surface area contributed by atoms with E-state index in [4.69, 9.17) is 9.47 Å². The monoisotopic (exact) mass is 399 g/mol. The van der Waals surface area contributed by atoms with Crippen molar-refractivity contribution < 1.29 is 9.47 Å². The number of fused-ring (bicyclic) bond motifs is 3. The number of aryl methyl sites for hydroxylation is 1. The summed E-state index contributed by atoms with van der Waals surface area (Å²) in [6, 6.07) is 5.55. The van der Waals surface area contributed by atoms with E-state index in [-0.39, 0.29) is 17.2 Å². The van der Waals surface area contributed by atoms with Crippen LogP contribution in [0.4, 0.5) is 11.6 Å². The van der Waals surface area contributed by atoms with Crippen molar-refractivity contribution >= 4 is 22.8 Å². The molecular formula is C20H25N5O4. The van der Waals surface area contributed by atoms with Crippen LogP contribution in [0.25, 0.3) is 11.2 Å². The third kappa shape index (κ3) is 2.88. The molecule has 0 unspecified atom stereocenters. The molecule has 0 bridgehead atoms. The Bertz CT molecular complexity index is 1200. The van der Waals surface area contributed by atoms with E-state index in [9.17, 15) is 9.59 Å². The molecule has 0 radical (unpaired) electrons. The topological polar surface area (TPSA) is 83.5 Å². The summed E-state index contributed by atoms with van der Waals surface area (Å²) in [4.78, 5) is 32.5. The smallest absolute Gasteiger partial charge is 0.332 e. The minimum absolute atomic E-state index is 0.177. The Kier molecular flexibility index (Phi) is 4.60. The first-order valence-corrected chi connectivity index (χ1v) is 9.57. The second kappa shape index (κ2) is 6.98. The minimum atomic E-state index is -0.349. The van der Waals surface area contributed by atoms with Gasteiger partial charge in [-0.2, -0.15) is 4.98 Å². The van der Waals surface area contributed by atoms with Gasteiger partial charge in [0.15, 0.2) is 11.2 Å². The van der Waals surface area contributed by atoms with Gasteiger partial charge in [0.05, 0.1) is 19.9 Å². The van der Waals surface area contributed by atoms with Crippen molar-refractivity contribution in [1.29, 1.82) is 0 Å². The Balaban J connectivity index is 1.94. The maximum absolute atomic E-state index is 13.2. The molecule has 3 aromatic rings. The van der Waals surface area contributed by atoms with E-state index in [0.29, 0.717) is 48.2 Å². The lowest BCUT2D eigenvalue weighted by atomic mass is 10.2. The van der Waals surface area contributed by atoms with E-state index in [0.717, 1.165) is 5.69 Å². The molecule has 3 heterocycles. The summed E-state index contributed by atoms with van der Waals surface area (Å²) in [5, 5.41) is 0. The number of nitrogens with zero attached hydrogens (tertiary/aromatic N) is 5. The molecule has 0 saturated heterocycles. The van der Waals surface area contributed by atoms with Crippen molar-refractivity contribution in [3.8, 4) is 11.5 Å². The highest BCUT2D eigenvalue weighted by Crippen LogP contribution is 2.39. The van der Waals surface area contributed by atoms with E-state index in [2.05, 4.69) is 4.98 Å². The highest BCUT2D eigenvalue weighted by molar-refractivity contribution is 5.79. The lowest BCUT2D eigenvalue weighted by Gasteiger charge is -2.19. The van der Waals surface area contributed by atoms with Gasteiger partial charge in [-0.05, 0) is 18.1 Å². The SMILES string of the molecule is COc1ccc(OC)c(N2CCn3c2nc2c3c(=O)n(CC(C)C)c(=O)n2C)c1. The van der Waals surface area contributed by atoms with Crippen LogP contribution >= 0.6 is 0 Å². The van der Waals surface area contributed by atoms with Gasteiger partial charge in [0.2, 0.25) is 5.95 Å². The predicted molar refractivity (Wildman–Crippen MR) is 111 cm³/mol. The van der Waals surface area contributed by atoms with Gasteiger partial charge in [0, 0.05) is 32.7 Å². The fourth-order valence-corrected chi connectivity index (χ4v) is 3.84. The third-order valence-electron chi connectivity index (χ3n) is 5.23. The summed E-state index contributed by atoms with van der Waals surface area (Å²) in [7, 11) is 4.87. The average Bonchev–Trinajstić information content (AvgIpc) is 3.28. The van der Waals surface area contributed by atoms with Gasteiger partial charge in [-0.25, -0.2) is 4.79 Å². The number of ether oxygens (including phenoxy) is 2. The van der Waals surface area contributed by atoms with E-state index in [1.807, 2.05) is 41.5 Å². The number of hydrogen-bond donors (Lipinski definition) is 0. The number of hydrogen-bond acceptors (Lipinski definition) is 6. The van der Waals surface area contributed by atoms with Gasteiger partial charge in [-0.15, -0.1) is 0 Å². The Morgan fingerprint density at radius 3 is 2.55 bits per heavy atom. The van der Waals surface area contributed by atoms with E-state index in [1.54, 1.807) is 21.3 Å². The molecule has 0 saturated carbocycles. The highest BCUT2D eigenvalue weighted by atomic mass is 16.5. The molecule has 0 atom stereocenters. The van der Waals surface area contributed by atoms with Crippen molar-refractivity contribution in [3.05, 3.63) is 39.0 Å². The van der Waals surface area contributed by atoms with Crippen LogP contribution in [0.3, 0.4) is 0 Å². The zero-order valence-corrected chi connectivity index (χ0v) is 17.3. The first kappa shape index (κ1) is 19.1. The average molecular weight is 399 g/mol. The molecule has 1 aliphatic heterocycles. The second-order valence-electron chi connectivity index (χ2n) is 7.58. The number of aromatic nitrogens is 4. The summed E-state index contributed by atoms with van der Waals surface area (Å²) < 4.78 is 15.5. The number of rotatable bonds is 5. The molecule has 154 valence electrons. The van der Waals surface area contributed by atoms with Crippen LogP contribution in [0.2, 0.25) is 0 Å². The van der Waals surface area contributed by atoms with Crippen LogP contribution in [0.5, 0.6) is 11.5 Å². The van der Waals surface area contributed by atoms with E-state index in [1.165, 1.54) is 9.13 Å². The lowest BCUT2D eigenvalue weighted by Crippen LogP contribution is -2.40. The fraction of sp³-hybridized carbons (Fsp3) is 0.450. The third-order valence-corrected chi connectivity index (χ3v) is 5.23. The standard InChI is InChI=1S/C20H25N5O4/c1-12(2)11-25-18(26)16-17(22(3)20(25)27)21-19-23(8-9-24(16)19)14-10-13(28-4)6-7-15(14)29-5/h6-7,10,12H,8-9,11H2,1-5H3. The Hall–Kier alpha value is -3.23. The van der Waals surface area contributed by atoms with Crippen molar-refractivity contribution in [1.82, 2.24) is 18.7 Å². The molecule has 2 aromatic heterocycles. The molecule has 0 amide bonds. The Morgan fingerprint density at radius 2 is 1.90 bits per heavy atom. The van der Waals surface area contributed by atoms with Crippen LogP contribution < -0.4 is 25.6 Å². The maximum Gasteiger partial charge on any atom is 0.332 e. The molecule has 0 N–H and O–H groups in total. The summed E-state index contributed by atoms with van der Waals surface area (Å²) in [6.07, 6.45) is 0. The normalized spacial score (nSPS) is 13.4. The largest absolute Gasteiger partial charge is 0.497 e. The molecule has 0 aliphatic carbocycles. The lowest BCUT2D eigenvalue weighted by molar-refractivity contribution is 0.403. The van der Waals surface area contributed by atoms with Crippen molar-refractivity contribution in [2.75, 3.05) is 25.7 Å². The van der Waals surface area contributed by atoms with Crippen LogP contribution in [0, 0.1) is 5.92 Å². The molecule has 1 aliphatic rings. The maximum atomic E-state index is 13.2. The van der Waals surface area contributed by atoms with Crippen LogP contribution in [-0.2, 0) is 20.1 Å². The molecule has 4 rings (SSSR count). The first-order valence-electron chi connectivity index (χ1n) is 9.57. The second-order valence-corrected chi connectivity index (χ2v) is 7.58. The van der Waals surface area contributed by atoms with Crippen molar-refractivity contribution in [3.63, 3.8) is 0 Å². The zero-order valence-electron chi connectivity index (χ0n) is 17.3. The van der Waals surface area contributed by atoms with E-state index >= 15 is 0 Å². The summed E-state index contributed by atoms with van der Waals surface area (Å²) >= 11 is 0. The number of benzene rings is 1. The Morgan fingerprint density at radius 1 is 1.14 bits per heavy atom. The molecule has 0 fully saturated rings. The van der Waals surface area contributed by atoms with Gasteiger partial charge in [0.25, 0.3) is 5.56 Å². The molecule has 0 spiro atoms. The summed E-state index contributed by atoms with van der Waals surface area (Å²) in [6.45, 7) is 5.55. The molecule has 1 aromatic carbocycles. The summed E-state index contributed by atoms with van der Waals surface area (Å²) in [5.41, 5.74) is 0.996. The predicted octanol–water partition coefficient (Wildman–Crippen LogP) is 1.72. The quantitative estimate of drug-likeness (QED) is 0.650. The molecule has 9 nitrogen and oxygen atoms in total. The number of methoxy groups -OCH3 is 2. The van der Waals surface area contributed by atoms with Crippen molar-refractivity contribution in [2.45, 2.75) is 26.9 Å². The van der Waals surface area contributed by atoms with Crippen LogP contribution in [0.15, 0.2) is 27.8 Å². The van der Waals surface area contributed by atoms with Gasteiger partial charge in [-0.1, -0.05) is 13.8 Å². The zero-order chi connectivity index (χ0) is 20.9. The number of anilines is 2. The van der Waals surface area contributed by atoms with Gasteiger partial charge < -0.3 is 18.9 Å². The van der Waals surface area contributed by atoms with Gasteiger partial charge in [-0.3, -0.25) is 13.9 Å². The summed E-state index contributed by atoms with van der Waals surface area (Å²) in [5.74, 6) is 2.16. The van der Waals surface area contributed by atoms with Gasteiger partial charge >= 0.3 is 5.69 Å². The van der Waals surface area contributed by atoms with Gasteiger partial charge in [0.1, 0.15) is 11.5 Å². The number of imidazole rings is 1. The van der Waals surface area contributed by atoms with Crippen molar-refractivity contribution in [2.24, 2.45) is 13.0 Å². The van der Waals surface area contributed by atoms with E-state index < -0.39 is 0 Å². The molecule has 9 heteroatoms. The van der Waals surface area contributed by atoms with Crippen LogP contribution in [-0.4, -0.2) is 39.4 Å². The molecule has 29 heavy (non-hydrogen) atoms. The molecular weight excluding hydrogens is 374 g/mol. The Labute approximate surface area is 167 Å². The van der Waals surface area contributed by atoms with Crippen LogP contribution in [0.1, 0.15) is 13.8 Å². The minimum Gasteiger partial charge on any atom is -0.497 e. The first-order chi connectivity index (χ1) is 13.9.